The Balaban J connectivity index is 1.59. The summed E-state index contributed by atoms with van der Waals surface area (Å²) >= 11 is 0. The van der Waals surface area contributed by atoms with Crippen LogP contribution in [-0.4, -0.2) is 42.5 Å². The number of nitrogens with two attached hydrogens (primary N) is 2. The van der Waals surface area contributed by atoms with Crippen molar-refractivity contribution in [2.45, 2.75) is 51.4 Å². The molecule has 2 aromatic carbocycles. The molecule has 7 nitrogen and oxygen atoms in total. The highest BCUT2D eigenvalue weighted by Crippen LogP contribution is 2.25. The lowest BCUT2D eigenvalue weighted by Crippen LogP contribution is -2.51. The highest BCUT2D eigenvalue weighted by Gasteiger charge is 2.39. The summed E-state index contributed by atoms with van der Waals surface area (Å²) in [6, 6.07) is 14.6. The van der Waals surface area contributed by atoms with Gasteiger partial charge in [0.1, 0.15) is 11.8 Å². The SMILES string of the molecule is COc1cc(CNC(=O)[C@@H]2C[C@@H](C)CN2C(=O)[C@H](N)CCc2ccccc2)ccc1CN. The monoisotopic (exact) mass is 438 g/mol. The molecule has 0 aliphatic carbocycles. The molecule has 3 atom stereocenters. The molecule has 0 bridgehead atoms. The number of nitrogens with one attached hydrogen (secondary N) is 1. The minimum Gasteiger partial charge on any atom is -0.496 e. The maximum absolute atomic E-state index is 13.0. The van der Waals surface area contributed by atoms with Crippen molar-refractivity contribution in [3.8, 4) is 5.75 Å². The molecule has 0 saturated carbocycles. The Kier molecular flexibility index (Phi) is 8.25. The van der Waals surface area contributed by atoms with E-state index in [-0.39, 0.29) is 17.7 Å². The smallest absolute Gasteiger partial charge is 0.243 e. The largest absolute Gasteiger partial charge is 0.496 e. The van der Waals surface area contributed by atoms with Gasteiger partial charge >= 0.3 is 0 Å². The summed E-state index contributed by atoms with van der Waals surface area (Å²) in [4.78, 5) is 27.7. The van der Waals surface area contributed by atoms with Crippen molar-refractivity contribution in [3.05, 3.63) is 65.2 Å². The van der Waals surface area contributed by atoms with Crippen LogP contribution in [0.2, 0.25) is 0 Å². The quantitative estimate of drug-likeness (QED) is 0.554. The van der Waals surface area contributed by atoms with Crippen molar-refractivity contribution in [2.75, 3.05) is 13.7 Å². The predicted molar refractivity (Wildman–Crippen MR) is 125 cm³/mol. The van der Waals surface area contributed by atoms with E-state index in [1.165, 1.54) is 0 Å². The van der Waals surface area contributed by atoms with Crippen molar-refractivity contribution in [3.63, 3.8) is 0 Å². The molecule has 172 valence electrons. The molecule has 1 aliphatic heterocycles. The van der Waals surface area contributed by atoms with Gasteiger partial charge in [-0.05, 0) is 42.4 Å². The van der Waals surface area contributed by atoms with Crippen LogP contribution >= 0.6 is 0 Å². The zero-order valence-corrected chi connectivity index (χ0v) is 18.9. The number of methoxy groups -OCH3 is 1. The van der Waals surface area contributed by atoms with E-state index in [1.807, 2.05) is 48.5 Å². The summed E-state index contributed by atoms with van der Waals surface area (Å²) in [6.07, 6.45) is 1.92. The number of hydrogen-bond donors (Lipinski definition) is 3. The fraction of sp³-hybridized carbons (Fsp3) is 0.440. The van der Waals surface area contributed by atoms with Crippen molar-refractivity contribution >= 4 is 11.8 Å². The van der Waals surface area contributed by atoms with Gasteiger partial charge in [-0.3, -0.25) is 9.59 Å². The number of rotatable bonds is 9. The molecule has 2 aromatic rings. The Morgan fingerprint density at radius 2 is 1.94 bits per heavy atom. The summed E-state index contributed by atoms with van der Waals surface area (Å²) in [5.74, 6) is 0.647. The lowest BCUT2D eigenvalue weighted by atomic mass is 10.0. The highest BCUT2D eigenvalue weighted by atomic mass is 16.5. The number of carbonyl (C=O) groups excluding carboxylic acids is 2. The molecule has 1 fully saturated rings. The zero-order valence-electron chi connectivity index (χ0n) is 18.9. The first kappa shape index (κ1) is 23.8. The van der Waals surface area contributed by atoms with Gasteiger partial charge in [0.2, 0.25) is 11.8 Å². The second kappa shape index (κ2) is 11.1. The van der Waals surface area contributed by atoms with Gasteiger partial charge in [0.25, 0.3) is 0 Å². The van der Waals surface area contributed by atoms with Crippen molar-refractivity contribution in [2.24, 2.45) is 17.4 Å². The predicted octanol–water partition coefficient (Wildman–Crippen LogP) is 1.97. The Bertz CT molecular complexity index is 919. The first-order chi connectivity index (χ1) is 15.4. The average Bonchev–Trinajstić information content (AvgIpc) is 3.22. The summed E-state index contributed by atoms with van der Waals surface area (Å²) in [6.45, 7) is 3.35. The third kappa shape index (κ3) is 5.87. The summed E-state index contributed by atoms with van der Waals surface area (Å²) in [7, 11) is 1.60. The molecule has 0 unspecified atom stereocenters. The third-order valence-corrected chi connectivity index (χ3v) is 6.04. The molecular weight excluding hydrogens is 404 g/mol. The fourth-order valence-corrected chi connectivity index (χ4v) is 4.22. The van der Waals surface area contributed by atoms with Crippen molar-refractivity contribution in [1.29, 1.82) is 0 Å². The van der Waals surface area contributed by atoms with Gasteiger partial charge in [-0.15, -0.1) is 0 Å². The van der Waals surface area contributed by atoms with Gasteiger partial charge in [-0.25, -0.2) is 0 Å². The summed E-state index contributed by atoms with van der Waals surface area (Å²) < 4.78 is 5.37. The van der Waals surface area contributed by atoms with E-state index in [9.17, 15) is 9.59 Å². The minimum atomic E-state index is -0.621. The Labute approximate surface area is 190 Å². The van der Waals surface area contributed by atoms with E-state index in [0.717, 1.165) is 23.1 Å². The van der Waals surface area contributed by atoms with Gasteiger partial charge in [-0.2, -0.15) is 0 Å². The fourth-order valence-electron chi connectivity index (χ4n) is 4.22. The first-order valence-electron chi connectivity index (χ1n) is 11.2. The van der Waals surface area contributed by atoms with E-state index in [2.05, 4.69) is 12.2 Å². The number of hydrogen-bond acceptors (Lipinski definition) is 5. The van der Waals surface area contributed by atoms with Gasteiger partial charge in [-0.1, -0.05) is 49.4 Å². The van der Waals surface area contributed by atoms with E-state index in [0.29, 0.717) is 38.2 Å². The van der Waals surface area contributed by atoms with E-state index in [1.54, 1.807) is 12.0 Å². The van der Waals surface area contributed by atoms with Crippen LogP contribution in [0.15, 0.2) is 48.5 Å². The van der Waals surface area contributed by atoms with Gasteiger partial charge in [0.05, 0.1) is 13.2 Å². The number of amides is 2. The number of carbonyl (C=O) groups is 2. The van der Waals surface area contributed by atoms with E-state index >= 15 is 0 Å². The van der Waals surface area contributed by atoms with Crippen molar-refractivity contribution < 1.29 is 14.3 Å². The topological polar surface area (TPSA) is 111 Å². The van der Waals surface area contributed by atoms with Crippen LogP contribution in [0, 0.1) is 5.92 Å². The normalized spacial score (nSPS) is 18.9. The lowest BCUT2D eigenvalue weighted by molar-refractivity contribution is -0.139. The number of ether oxygens (including phenoxy) is 1. The molecule has 1 aliphatic rings. The first-order valence-corrected chi connectivity index (χ1v) is 11.2. The van der Waals surface area contributed by atoms with Crippen molar-refractivity contribution in [1.82, 2.24) is 10.2 Å². The Morgan fingerprint density at radius 3 is 2.62 bits per heavy atom. The van der Waals surface area contributed by atoms with Crippen LogP contribution in [0.3, 0.4) is 0 Å². The Morgan fingerprint density at radius 1 is 1.19 bits per heavy atom. The second-order valence-electron chi connectivity index (χ2n) is 8.55. The van der Waals surface area contributed by atoms with E-state index in [4.69, 9.17) is 16.2 Å². The molecule has 32 heavy (non-hydrogen) atoms. The molecule has 7 heteroatoms. The molecule has 0 aromatic heterocycles. The van der Waals surface area contributed by atoms with Crippen LogP contribution < -0.4 is 21.5 Å². The minimum absolute atomic E-state index is 0.153. The van der Waals surface area contributed by atoms with Crippen LogP contribution in [0.1, 0.15) is 36.5 Å². The molecule has 0 radical (unpaired) electrons. The maximum Gasteiger partial charge on any atom is 0.243 e. The summed E-state index contributed by atoms with van der Waals surface area (Å²) in [5, 5.41) is 2.97. The number of aryl methyl sites for hydroxylation is 1. The molecule has 3 rings (SSSR count). The molecule has 1 saturated heterocycles. The lowest BCUT2D eigenvalue weighted by Gasteiger charge is -2.27. The Hall–Kier alpha value is -2.90. The zero-order chi connectivity index (χ0) is 23.1. The summed E-state index contributed by atoms with van der Waals surface area (Å²) in [5.41, 5.74) is 14.9. The molecule has 2 amide bonds. The maximum atomic E-state index is 13.0. The molecular formula is C25H34N4O3. The van der Waals surface area contributed by atoms with Crippen LogP contribution in [0.25, 0.3) is 0 Å². The molecule has 0 spiro atoms. The van der Waals surface area contributed by atoms with Crippen LogP contribution in [-0.2, 0) is 29.1 Å². The molecule has 1 heterocycles. The second-order valence-corrected chi connectivity index (χ2v) is 8.55. The molecule has 5 N–H and O–H groups in total. The highest BCUT2D eigenvalue weighted by molar-refractivity contribution is 5.90. The van der Waals surface area contributed by atoms with Gasteiger partial charge in [0.15, 0.2) is 0 Å². The number of nitrogens with zero attached hydrogens (tertiary/aromatic N) is 1. The van der Waals surface area contributed by atoms with Gasteiger partial charge < -0.3 is 26.4 Å². The van der Waals surface area contributed by atoms with E-state index < -0.39 is 12.1 Å². The number of benzene rings is 2. The average molecular weight is 439 g/mol. The number of likely N-dealkylation sites (tertiary alicyclic amines) is 1. The van der Waals surface area contributed by atoms with Crippen LogP contribution in [0.5, 0.6) is 5.75 Å². The third-order valence-electron chi connectivity index (χ3n) is 6.04. The van der Waals surface area contributed by atoms with Crippen LogP contribution in [0.4, 0.5) is 0 Å². The standard InChI is InChI=1S/C25H34N4O3/c1-17-12-22(24(30)28-15-19-8-10-20(14-26)23(13-19)32-2)29(16-17)25(31)21(27)11-9-18-6-4-3-5-7-18/h3-8,10,13,17,21-22H,9,11-12,14-16,26-27H2,1-2H3,(H,28,30)/t17-,21-,22+/m1/s1. The van der Waals surface area contributed by atoms with Gasteiger partial charge in [0, 0.05) is 25.2 Å².